The Morgan fingerprint density at radius 3 is 2.58 bits per heavy atom. The average Bonchev–Trinajstić information content (AvgIpc) is 3.07. The van der Waals surface area contributed by atoms with Gasteiger partial charge in [-0.2, -0.15) is 5.10 Å². The van der Waals surface area contributed by atoms with E-state index in [9.17, 15) is 9.59 Å². The van der Waals surface area contributed by atoms with E-state index in [0.29, 0.717) is 12.8 Å². The third-order valence-corrected chi connectivity index (χ3v) is 4.78. The largest absolute Gasteiger partial charge is 0.481 e. The molecule has 3 rings (SSSR count). The van der Waals surface area contributed by atoms with Gasteiger partial charge < -0.3 is 5.11 Å². The first-order valence-electron chi connectivity index (χ1n) is 8.47. The molecule has 0 bridgehead atoms. The molecule has 2 aromatic rings. The van der Waals surface area contributed by atoms with Gasteiger partial charge >= 0.3 is 5.97 Å². The third-order valence-electron chi connectivity index (χ3n) is 4.29. The standard InChI is InChI=1S/C20H19BrN2O3/c21-16-9-4-8-15(12-16)17-13-18(14-6-2-1-3-7-14)23(22-17)19(24)10-5-11-20(25)26/h1-4,6-9,12,18H,5,10-11,13H2,(H,25,26)/t18-/m1/s1. The van der Waals surface area contributed by atoms with Crippen LogP contribution in [0.25, 0.3) is 0 Å². The molecule has 0 saturated heterocycles. The van der Waals surface area contributed by atoms with Crippen molar-refractivity contribution in [2.75, 3.05) is 0 Å². The van der Waals surface area contributed by atoms with E-state index in [2.05, 4.69) is 21.0 Å². The van der Waals surface area contributed by atoms with Gasteiger partial charge in [-0.15, -0.1) is 0 Å². The Kier molecular flexibility index (Phi) is 5.83. The summed E-state index contributed by atoms with van der Waals surface area (Å²) < 4.78 is 0.959. The molecule has 0 spiro atoms. The Morgan fingerprint density at radius 1 is 1.12 bits per heavy atom. The normalized spacial score (nSPS) is 16.4. The number of hydrazone groups is 1. The summed E-state index contributed by atoms with van der Waals surface area (Å²) in [5.41, 5.74) is 2.85. The lowest BCUT2D eigenvalue weighted by atomic mass is 9.98. The summed E-state index contributed by atoms with van der Waals surface area (Å²) in [7, 11) is 0. The molecule has 26 heavy (non-hydrogen) atoms. The zero-order chi connectivity index (χ0) is 18.5. The summed E-state index contributed by atoms with van der Waals surface area (Å²) in [5, 5.41) is 14.9. The predicted molar refractivity (Wildman–Crippen MR) is 103 cm³/mol. The van der Waals surface area contributed by atoms with Gasteiger partial charge in [-0.1, -0.05) is 58.4 Å². The molecule has 0 radical (unpaired) electrons. The van der Waals surface area contributed by atoms with E-state index in [1.165, 1.54) is 5.01 Å². The van der Waals surface area contributed by atoms with E-state index in [0.717, 1.165) is 21.3 Å². The van der Waals surface area contributed by atoms with Gasteiger partial charge in [0.2, 0.25) is 5.91 Å². The van der Waals surface area contributed by atoms with Crippen LogP contribution in [-0.4, -0.2) is 27.7 Å². The molecule has 1 amide bonds. The molecule has 0 fully saturated rings. The number of hydrogen-bond donors (Lipinski definition) is 1. The minimum absolute atomic E-state index is 0.0161. The third kappa shape index (κ3) is 4.38. The molecule has 6 heteroatoms. The van der Waals surface area contributed by atoms with Crippen molar-refractivity contribution in [1.29, 1.82) is 0 Å². The molecule has 1 aliphatic rings. The first-order valence-corrected chi connectivity index (χ1v) is 9.26. The molecule has 0 aliphatic carbocycles. The monoisotopic (exact) mass is 414 g/mol. The van der Waals surface area contributed by atoms with Crippen LogP contribution in [0.15, 0.2) is 64.2 Å². The Bertz CT molecular complexity index is 836. The minimum Gasteiger partial charge on any atom is -0.481 e. The fraction of sp³-hybridized carbons (Fsp3) is 0.250. The number of nitrogens with zero attached hydrogens (tertiary/aromatic N) is 2. The maximum Gasteiger partial charge on any atom is 0.303 e. The van der Waals surface area contributed by atoms with Crippen LogP contribution in [0.2, 0.25) is 0 Å². The van der Waals surface area contributed by atoms with Crippen LogP contribution < -0.4 is 0 Å². The van der Waals surface area contributed by atoms with Crippen LogP contribution in [0.5, 0.6) is 0 Å². The molecular formula is C20H19BrN2O3. The van der Waals surface area contributed by atoms with Crippen molar-refractivity contribution in [3.63, 3.8) is 0 Å². The molecule has 1 N–H and O–H groups in total. The van der Waals surface area contributed by atoms with Gasteiger partial charge in [0, 0.05) is 23.7 Å². The molecule has 1 aliphatic heterocycles. The van der Waals surface area contributed by atoms with Crippen molar-refractivity contribution in [3.8, 4) is 0 Å². The first kappa shape index (κ1) is 18.3. The van der Waals surface area contributed by atoms with Crippen molar-refractivity contribution in [3.05, 3.63) is 70.2 Å². The summed E-state index contributed by atoms with van der Waals surface area (Å²) in [5.74, 6) is -1.04. The SMILES string of the molecule is O=C(O)CCCC(=O)N1N=C(c2cccc(Br)c2)C[C@@H]1c1ccccc1. The first-order chi connectivity index (χ1) is 12.5. The van der Waals surface area contributed by atoms with Gasteiger partial charge in [-0.25, -0.2) is 5.01 Å². The van der Waals surface area contributed by atoms with Crippen molar-refractivity contribution >= 4 is 33.5 Å². The summed E-state index contributed by atoms with van der Waals surface area (Å²) in [6, 6.07) is 17.5. The van der Waals surface area contributed by atoms with Crippen LogP contribution >= 0.6 is 15.9 Å². The molecule has 0 unspecified atom stereocenters. The van der Waals surface area contributed by atoms with Crippen LogP contribution in [0.1, 0.15) is 42.9 Å². The molecule has 134 valence electrons. The number of rotatable bonds is 6. The van der Waals surface area contributed by atoms with E-state index in [1.54, 1.807) is 0 Å². The fourth-order valence-corrected chi connectivity index (χ4v) is 3.42. The van der Waals surface area contributed by atoms with Crippen LogP contribution in [0.3, 0.4) is 0 Å². The number of halogens is 1. The molecule has 0 saturated carbocycles. The number of hydrogen-bond acceptors (Lipinski definition) is 3. The Morgan fingerprint density at radius 2 is 1.88 bits per heavy atom. The highest BCUT2D eigenvalue weighted by Crippen LogP contribution is 2.33. The lowest BCUT2D eigenvalue weighted by Gasteiger charge is -2.22. The van der Waals surface area contributed by atoms with Gasteiger partial charge in [0.15, 0.2) is 0 Å². The Hall–Kier alpha value is -2.47. The van der Waals surface area contributed by atoms with E-state index in [4.69, 9.17) is 5.11 Å². The van der Waals surface area contributed by atoms with Crippen molar-refractivity contribution in [2.24, 2.45) is 5.10 Å². The molecule has 1 atom stereocenters. The molecular weight excluding hydrogens is 396 g/mol. The van der Waals surface area contributed by atoms with E-state index < -0.39 is 5.97 Å². The number of carbonyl (C=O) groups is 2. The second kappa shape index (κ2) is 8.27. The highest BCUT2D eigenvalue weighted by Gasteiger charge is 2.32. The second-order valence-corrected chi connectivity index (χ2v) is 7.09. The van der Waals surface area contributed by atoms with Crippen LogP contribution in [0.4, 0.5) is 0 Å². The van der Waals surface area contributed by atoms with Gasteiger partial charge in [-0.05, 0) is 29.7 Å². The lowest BCUT2D eigenvalue weighted by molar-refractivity contribution is -0.137. The van der Waals surface area contributed by atoms with Gasteiger partial charge in [0.25, 0.3) is 0 Å². The maximum absolute atomic E-state index is 12.7. The summed E-state index contributed by atoms with van der Waals surface area (Å²) in [6.07, 6.45) is 1.10. The van der Waals surface area contributed by atoms with Crippen molar-refractivity contribution in [1.82, 2.24) is 5.01 Å². The number of benzene rings is 2. The summed E-state index contributed by atoms with van der Waals surface area (Å²) >= 11 is 3.47. The lowest BCUT2D eigenvalue weighted by Crippen LogP contribution is -2.26. The van der Waals surface area contributed by atoms with E-state index in [-0.39, 0.29) is 24.8 Å². The summed E-state index contributed by atoms with van der Waals surface area (Å²) in [4.78, 5) is 23.4. The van der Waals surface area contributed by atoms with Gasteiger partial charge in [-0.3, -0.25) is 9.59 Å². The van der Waals surface area contributed by atoms with Crippen molar-refractivity contribution < 1.29 is 14.7 Å². The number of carbonyl (C=O) groups excluding carboxylic acids is 1. The maximum atomic E-state index is 12.7. The van der Waals surface area contributed by atoms with E-state index in [1.807, 2.05) is 54.6 Å². The summed E-state index contributed by atoms with van der Waals surface area (Å²) in [6.45, 7) is 0. The highest BCUT2D eigenvalue weighted by atomic mass is 79.9. The highest BCUT2D eigenvalue weighted by molar-refractivity contribution is 9.10. The quantitative estimate of drug-likeness (QED) is 0.761. The fourth-order valence-electron chi connectivity index (χ4n) is 3.02. The Labute approximate surface area is 160 Å². The van der Waals surface area contributed by atoms with Crippen LogP contribution in [0, 0.1) is 0 Å². The number of carboxylic acids is 1. The van der Waals surface area contributed by atoms with Gasteiger partial charge in [0.05, 0.1) is 11.8 Å². The molecule has 1 heterocycles. The predicted octanol–water partition coefficient (Wildman–Crippen LogP) is 4.38. The van der Waals surface area contributed by atoms with Gasteiger partial charge in [0.1, 0.15) is 0 Å². The Balaban J connectivity index is 1.85. The second-order valence-electron chi connectivity index (χ2n) is 6.17. The number of aliphatic carboxylic acids is 1. The minimum atomic E-state index is -0.892. The molecule has 0 aromatic heterocycles. The molecule has 5 nitrogen and oxygen atoms in total. The topological polar surface area (TPSA) is 70.0 Å². The van der Waals surface area contributed by atoms with Crippen LogP contribution in [-0.2, 0) is 9.59 Å². The number of amides is 1. The molecule has 2 aromatic carbocycles. The zero-order valence-electron chi connectivity index (χ0n) is 14.1. The van der Waals surface area contributed by atoms with E-state index >= 15 is 0 Å². The van der Waals surface area contributed by atoms with Crippen molar-refractivity contribution in [2.45, 2.75) is 31.7 Å². The zero-order valence-corrected chi connectivity index (χ0v) is 15.7. The number of carboxylic acid groups (broad SMARTS) is 1. The smallest absolute Gasteiger partial charge is 0.303 e. The average molecular weight is 415 g/mol.